The maximum absolute atomic E-state index is 14.0. The fraction of sp³-hybridized carbons (Fsp3) is 0.667. The minimum atomic E-state index is -0.202. The molecule has 0 aromatic heterocycles. The Balaban J connectivity index is 2.04. The van der Waals surface area contributed by atoms with Crippen LogP contribution in [0.4, 0.5) is 4.39 Å². The summed E-state index contributed by atoms with van der Waals surface area (Å²) in [6.07, 6.45) is 5.69. The molecule has 0 amide bonds. The van der Waals surface area contributed by atoms with E-state index in [4.69, 9.17) is 14.2 Å². The molecular formula is C18H27FO3. The third kappa shape index (κ3) is 4.96. The van der Waals surface area contributed by atoms with Crippen molar-refractivity contribution in [3.63, 3.8) is 0 Å². The quantitative estimate of drug-likeness (QED) is 0.656. The van der Waals surface area contributed by atoms with Crippen LogP contribution in [0.5, 0.6) is 5.75 Å². The summed E-state index contributed by atoms with van der Waals surface area (Å²) in [6.45, 7) is 5.82. The van der Waals surface area contributed by atoms with Crippen LogP contribution in [0.15, 0.2) is 12.1 Å². The second-order valence-corrected chi connectivity index (χ2v) is 5.71. The number of unbranched alkanes of at least 4 members (excludes halogenated alkanes) is 1. The smallest absolute Gasteiger partial charge is 0.158 e. The predicted octanol–water partition coefficient (Wildman–Crippen LogP) is 4.61. The van der Waals surface area contributed by atoms with Crippen LogP contribution in [0.1, 0.15) is 57.1 Å². The molecule has 1 aliphatic rings. The molecule has 1 atom stereocenters. The maximum Gasteiger partial charge on any atom is 0.158 e. The van der Waals surface area contributed by atoms with Gasteiger partial charge in [-0.25, -0.2) is 4.39 Å². The number of rotatable bonds is 8. The molecule has 22 heavy (non-hydrogen) atoms. The Bertz CT molecular complexity index is 456. The number of benzene rings is 1. The van der Waals surface area contributed by atoms with Crippen molar-refractivity contribution >= 4 is 0 Å². The van der Waals surface area contributed by atoms with Crippen LogP contribution in [0.25, 0.3) is 0 Å². The first-order valence-electron chi connectivity index (χ1n) is 8.41. The Labute approximate surface area is 132 Å². The predicted molar refractivity (Wildman–Crippen MR) is 84.6 cm³/mol. The summed E-state index contributed by atoms with van der Waals surface area (Å²) in [5, 5.41) is 0. The highest BCUT2D eigenvalue weighted by molar-refractivity contribution is 5.38. The molecular weight excluding hydrogens is 283 g/mol. The van der Waals surface area contributed by atoms with Gasteiger partial charge in [-0.15, -0.1) is 0 Å². The molecule has 124 valence electrons. The summed E-state index contributed by atoms with van der Waals surface area (Å²) in [5.74, 6) is 0.394. The van der Waals surface area contributed by atoms with Crippen LogP contribution in [-0.4, -0.2) is 19.5 Å². The zero-order valence-corrected chi connectivity index (χ0v) is 13.7. The van der Waals surface area contributed by atoms with E-state index in [-0.39, 0.29) is 12.1 Å². The van der Waals surface area contributed by atoms with E-state index in [1.165, 1.54) is 6.07 Å². The van der Waals surface area contributed by atoms with E-state index < -0.39 is 0 Å². The number of ether oxygens (including phenoxy) is 3. The van der Waals surface area contributed by atoms with Crippen LogP contribution in [-0.2, 0) is 22.5 Å². The lowest BCUT2D eigenvalue weighted by molar-refractivity contribution is -0.169. The van der Waals surface area contributed by atoms with Gasteiger partial charge >= 0.3 is 0 Å². The van der Waals surface area contributed by atoms with Crippen LogP contribution in [0.2, 0.25) is 0 Å². The number of hydrogen-bond donors (Lipinski definition) is 0. The third-order valence-corrected chi connectivity index (χ3v) is 3.93. The van der Waals surface area contributed by atoms with Crippen LogP contribution in [0, 0.1) is 5.82 Å². The fourth-order valence-corrected chi connectivity index (χ4v) is 2.52. The van der Waals surface area contributed by atoms with Crippen molar-refractivity contribution in [3.8, 4) is 5.75 Å². The van der Waals surface area contributed by atoms with Crippen molar-refractivity contribution in [1.29, 1.82) is 0 Å². The highest BCUT2D eigenvalue weighted by Gasteiger charge is 2.16. The van der Waals surface area contributed by atoms with Crippen LogP contribution < -0.4 is 4.74 Å². The highest BCUT2D eigenvalue weighted by Crippen LogP contribution is 2.26. The molecule has 0 aliphatic carbocycles. The fourth-order valence-electron chi connectivity index (χ4n) is 2.52. The summed E-state index contributed by atoms with van der Waals surface area (Å²) in [7, 11) is 0. The van der Waals surface area contributed by atoms with E-state index in [2.05, 4.69) is 6.92 Å². The first-order chi connectivity index (χ1) is 10.7. The van der Waals surface area contributed by atoms with E-state index in [1.807, 2.05) is 13.0 Å². The lowest BCUT2D eigenvalue weighted by Crippen LogP contribution is -2.22. The van der Waals surface area contributed by atoms with Crippen molar-refractivity contribution < 1.29 is 18.6 Å². The summed E-state index contributed by atoms with van der Waals surface area (Å²) < 4.78 is 31.1. The van der Waals surface area contributed by atoms with E-state index >= 15 is 0 Å². The normalized spacial score (nSPS) is 18.4. The molecule has 3 nitrogen and oxygen atoms in total. The van der Waals surface area contributed by atoms with Crippen molar-refractivity contribution in [2.45, 2.75) is 65.3 Å². The Morgan fingerprint density at radius 2 is 2.09 bits per heavy atom. The monoisotopic (exact) mass is 310 g/mol. The Morgan fingerprint density at radius 1 is 1.23 bits per heavy atom. The number of halogens is 1. The van der Waals surface area contributed by atoms with E-state index in [1.54, 1.807) is 0 Å². The highest BCUT2D eigenvalue weighted by atomic mass is 19.1. The topological polar surface area (TPSA) is 27.7 Å². The van der Waals surface area contributed by atoms with E-state index in [0.717, 1.165) is 44.3 Å². The van der Waals surface area contributed by atoms with Gasteiger partial charge in [0, 0.05) is 18.2 Å². The van der Waals surface area contributed by atoms with Gasteiger partial charge in [-0.1, -0.05) is 20.3 Å². The summed E-state index contributed by atoms with van der Waals surface area (Å²) in [5.41, 5.74) is 1.61. The lowest BCUT2D eigenvalue weighted by Gasteiger charge is -2.23. The molecule has 1 heterocycles. The molecule has 1 saturated heterocycles. The molecule has 1 aliphatic heterocycles. The van der Waals surface area contributed by atoms with Crippen molar-refractivity contribution in [2.75, 3.05) is 13.2 Å². The van der Waals surface area contributed by atoms with Gasteiger partial charge in [0.1, 0.15) is 11.6 Å². The van der Waals surface area contributed by atoms with Gasteiger partial charge in [-0.3, -0.25) is 0 Å². The van der Waals surface area contributed by atoms with Gasteiger partial charge in [0.2, 0.25) is 0 Å². The van der Waals surface area contributed by atoms with Gasteiger partial charge in [-0.05, 0) is 43.7 Å². The molecule has 0 saturated carbocycles. The van der Waals surface area contributed by atoms with Crippen LogP contribution >= 0.6 is 0 Å². The molecule has 1 aromatic rings. The molecule has 0 bridgehead atoms. The average molecular weight is 310 g/mol. The number of hydrogen-bond acceptors (Lipinski definition) is 3. The minimum Gasteiger partial charge on any atom is -0.493 e. The standard InChI is InChI=1S/C18H27FO3/c1-3-5-9-20-17-12-16(19)14(4-2)11-15(17)13-22-18-8-6-7-10-21-18/h11-12,18H,3-10,13H2,1-2H3. The molecule has 4 heteroatoms. The first kappa shape index (κ1) is 17.2. The van der Waals surface area contributed by atoms with Gasteiger partial charge < -0.3 is 14.2 Å². The van der Waals surface area contributed by atoms with Gasteiger partial charge in [0.05, 0.1) is 13.2 Å². The second kappa shape index (κ2) is 9.11. The summed E-state index contributed by atoms with van der Waals surface area (Å²) in [6, 6.07) is 3.36. The van der Waals surface area contributed by atoms with Gasteiger partial charge in [0.15, 0.2) is 6.29 Å². The molecule has 0 N–H and O–H groups in total. The summed E-state index contributed by atoms with van der Waals surface area (Å²) in [4.78, 5) is 0. The molecule has 1 aromatic carbocycles. The number of aryl methyl sites for hydroxylation is 1. The zero-order chi connectivity index (χ0) is 15.8. The second-order valence-electron chi connectivity index (χ2n) is 5.71. The molecule has 0 radical (unpaired) electrons. The van der Waals surface area contributed by atoms with E-state index in [9.17, 15) is 4.39 Å². The molecule has 0 spiro atoms. The first-order valence-corrected chi connectivity index (χ1v) is 8.41. The Hall–Kier alpha value is -1.13. The Kier molecular flexibility index (Phi) is 7.13. The summed E-state index contributed by atoms with van der Waals surface area (Å²) >= 11 is 0. The molecule has 2 rings (SSSR count). The molecule has 1 fully saturated rings. The molecule has 1 unspecified atom stereocenters. The largest absolute Gasteiger partial charge is 0.493 e. The van der Waals surface area contributed by atoms with Crippen LogP contribution in [0.3, 0.4) is 0 Å². The maximum atomic E-state index is 14.0. The minimum absolute atomic E-state index is 0.146. The Morgan fingerprint density at radius 3 is 2.77 bits per heavy atom. The van der Waals surface area contributed by atoms with Crippen molar-refractivity contribution in [2.24, 2.45) is 0 Å². The van der Waals surface area contributed by atoms with Crippen molar-refractivity contribution in [1.82, 2.24) is 0 Å². The third-order valence-electron chi connectivity index (χ3n) is 3.93. The average Bonchev–Trinajstić information content (AvgIpc) is 2.55. The SMILES string of the molecule is CCCCOc1cc(F)c(CC)cc1COC1CCCCO1. The van der Waals surface area contributed by atoms with Gasteiger partial charge in [0.25, 0.3) is 0 Å². The zero-order valence-electron chi connectivity index (χ0n) is 13.7. The lowest BCUT2D eigenvalue weighted by atomic mass is 10.1. The van der Waals surface area contributed by atoms with Gasteiger partial charge in [-0.2, -0.15) is 0 Å². The van der Waals surface area contributed by atoms with E-state index in [0.29, 0.717) is 30.9 Å². The van der Waals surface area contributed by atoms with Crippen molar-refractivity contribution in [3.05, 3.63) is 29.1 Å².